The van der Waals surface area contributed by atoms with Crippen LogP contribution < -0.4 is 0 Å². The maximum absolute atomic E-state index is 8.44. The maximum Gasteiger partial charge on any atom is 0.0318 e. The van der Waals surface area contributed by atoms with Crippen molar-refractivity contribution >= 4 is 0 Å². The van der Waals surface area contributed by atoms with Gasteiger partial charge in [0.15, 0.2) is 0 Å². The van der Waals surface area contributed by atoms with Crippen molar-refractivity contribution in [3.05, 3.63) is 5.73 Å². The lowest BCUT2D eigenvalue weighted by Crippen LogP contribution is -2.31. The highest BCUT2D eigenvalue weighted by Crippen LogP contribution is 2.10. The molecule has 0 atom stereocenters. The van der Waals surface area contributed by atoms with Gasteiger partial charge in [-0.3, -0.25) is 0 Å². The van der Waals surface area contributed by atoms with Crippen molar-refractivity contribution < 1.29 is 10.2 Å². The van der Waals surface area contributed by atoms with Crippen LogP contribution in [-0.4, -0.2) is 29.0 Å². The van der Waals surface area contributed by atoms with Crippen LogP contribution in [0.3, 0.4) is 0 Å². The Labute approximate surface area is 49.1 Å². The molecule has 3 heteroatoms. The van der Waals surface area contributed by atoms with Crippen molar-refractivity contribution in [1.82, 2.24) is 0 Å². The first-order valence-electron chi connectivity index (χ1n) is 2.65. The third-order valence-corrected chi connectivity index (χ3v) is 1.28. The number of rotatable bonds is 3. The summed E-state index contributed by atoms with van der Waals surface area (Å²) in [4.78, 5) is 0. The minimum absolute atomic E-state index is 0.264. The molecular weight excluding hydrogens is 106 g/mol. The molecule has 0 amide bonds. The Kier molecular flexibility index (Phi) is 2.97. The minimum atomic E-state index is -1.01. The fourth-order valence-corrected chi connectivity index (χ4v) is 0.274. The van der Waals surface area contributed by atoms with E-state index in [0.717, 1.165) is 0 Å². The molecule has 0 aromatic rings. The molecule has 0 aromatic heterocycles. The third kappa shape index (κ3) is 1.78. The lowest BCUT2D eigenvalue weighted by atomic mass is 10.0. The van der Waals surface area contributed by atoms with Crippen LogP contribution >= 0.6 is 0 Å². The van der Waals surface area contributed by atoms with Gasteiger partial charge in [-0.25, -0.2) is 0 Å². The highest BCUT2D eigenvalue weighted by Gasteiger charge is 2.09. The molecule has 8 heavy (non-hydrogen) atoms. The molecule has 3 nitrogen and oxygen atoms in total. The normalized spacial score (nSPS) is 12.0. The number of aliphatic hydroxyl groups excluding tert-OH is 2. The van der Waals surface area contributed by atoms with Gasteiger partial charge in [-0.1, -0.05) is 18.9 Å². The van der Waals surface area contributed by atoms with Gasteiger partial charge in [-0.05, 0) is 0 Å². The van der Waals surface area contributed by atoms with Crippen LogP contribution in [0.25, 0.3) is 5.73 Å². The minimum Gasteiger partial charge on any atom is -0.668 e. The zero-order valence-electron chi connectivity index (χ0n) is 5.02. The van der Waals surface area contributed by atoms with Crippen LogP contribution in [0.2, 0.25) is 0 Å². The van der Waals surface area contributed by atoms with E-state index in [1.165, 1.54) is 0 Å². The predicted molar refractivity (Wildman–Crippen MR) is 31.5 cm³/mol. The quantitative estimate of drug-likeness (QED) is 0.555. The van der Waals surface area contributed by atoms with E-state index in [-0.39, 0.29) is 13.2 Å². The van der Waals surface area contributed by atoms with Crippen LogP contribution in [0, 0.1) is 0 Å². The highest BCUT2D eigenvalue weighted by atomic mass is 16.3. The summed E-state index contributed by atoms with van der Waals surface area (Å²) >= 11 is 0. The van der Waals surface area contributed by atoms with E-state index in [1.807, 2.05) is 0 Å². The van der Waals surface area contributed by atoms with Gasteiger partial charge >= 0.3 is 0 Å². The summed E-state index contributed by atoms with van der Waals surface area (Å²) in [7, 11) is 0. The van der Waals surface area contributed by atoms with Crippen LogP contribution in [-0.2, 0) is 0 Å². The van der Waals surface area contributed by atoms with Gasteiger partial charge in [0.05, 0.1) is 0 Å². The molecule has 0 spiro atoms. The SMILES string of the molecule is CCC([NH-])(CO)CO. The Hall–Kier alpha value is -0.120. The predicted octanol–water partition coefficient (Wildman–Crippen LogP) is 0.172. The van der Waals surface area contributed by atoms with Crippen molar-refractivity contribution in [3.63, 3.8) is 0 Å². The van der Waals surface area contributed by atoms with E-state index in [9.17, 15) is 0 Å². The Bertz CT molecular complexity index is 53.2. The molecule has 0 aliphatic heterocycles. The highest BCUT2D eigenvalue weighted by molar-refractivity contribution is 4.92. The maximum atomic E-state index is 8.44. The van der Waals surface area contributed by atoms with E-state index < -0.39 is 5.54 Å². The van der Waals surface area contributed by atoms with Gasteiger partial charge in [0, 0.05) is 13.2 Å². The van der Waals surface area contributed by atoms with E-state index in [1.54, 1.807) is 6.92 Å². The molecule has 0 aliphatic rings. The summed E-state index contributed by atoms with van der Waals surface area (Å²) in [6.45, 7) is 1.24. The molecule has 0 aromatic carbocycles. The van der Waals surface area contributed by atoms with Crippen LogP contribution in [0.5, 0.6) is 0 Å². The first-order chi connectivity index (χ1) is 3.68. The zero-order valence-corrected chi connectivity index (χ0v) is 5.02. The number of aliphatic hydroxyl groups is 2. The molecule has 0 heterocycles. The fraction of sp³-hybridized carbons (Fsp3) is 1.00. The van der Waals surface area contributed by atoms with Gasteiger partial charge in [0.2, 0.25) is 0 Å². The first-order valence-corrected chi connectivity index (χ1v) is 2.65. The van der Waals surface area contributed by atoms with Gasteiger partial charge in [-0.15, -0.1) is 0 Å². The second-order valence-electron chi connectivity index (χ2n) is 1.95. The van der Waals surface area contributed by atoms with Gasteiger partial charge < -0.3 is 15.9 Å². The molecule has 0 fully saturated rings. The fourth-order valence-electron chi connectivity index (χ4n) is 0.274. The van der Waals surface area contributed by atoms with Crippen LogP contribution in [0.15, 0.2) is 0 Å². The van der Waals surface area contributed by atoms with Gasteiger partial charge in [-0.2, -0.15) is 0 Å². The lowest BCUT2D eigenvalue weighted by molar-refractivity contribution is 0.145. The molecule has 3 N–H and O–H groups in total. The van der Waals surface area contributed by atoms with Crippen LogP contribution in [0.1, 0.15) is 13.3 Å². The van der Waals surface area contributed by atoms with E-state index in [2.05, 4.69) is 0 Å². The van der Waals surface area contributed by atoms with E-state index in [4.69, 9.17) is 15.9 Å². The summed E-state index contributed by atoms with van der Waals surface area (Å²) in [5.74, 6) is 0. The smallest absolute Gasteiger partial charge is 0.0318 e. The summed E-state index contributed by atoms with van der Waals surface area (Å²) in [5, 5.41) is 16.9. The zero-order chi connectivity index (χ0) is 6.62. The first kappa shape index (κ1) is 7.88. The van der Waals surface area contributed by atoms with E-state index >= 15 is 0 Å². The molecule has 0 aliphatic carbocycles. The van der Waals surface area contributed by atoms with Gasteiger partial charge in [0.1, 0.15) is 0 Å². The van der Waals surface area contributed by atoms with Crippen molar-refractivity contribution in [2.45, 2.75) is 18.9 Å². The third-order valence-electron chi connectivity index (χ3n) is 1.28. The molecule has 0 radical (unpaired) electrons. The molecular formula is C5H12NO2-. The average molecular weight is 118 g/mol. The summed E-state index contributed by atoms with van der Waals surface area (Å²) in [6.07, 6.45) is 0.486. The lowest BCUT2D eigenvalue weighted by Gasteiger charge is -2.32. The number of hydrogen-bond acceptors (Lipinski definition) is 2. The molecule has 50 valence electrons. The van der Waals surface area contributed by atoms with Crippen molar-refractivity contribution in [2.24, 2.45) is 0 Å². The standard InChI is InChI=1S/C5H12NO2/c1-2-5(6,3-7)4-8/h6-8H,2-4H2,1H3/q-1. The molecule has 0 bridgehead atoms. The van der Waals surface area contributed by atoms with Gasteiger partial charge in [0.25, 0.3) is 0 Å². The second-order valence-corrected chi connectivity index (χ2v) is 1.95. The summed E-state index contributed by atoms with van der Waals surface area (Å²) in [5.41, 5.74) is 6.15. The largest absolute Gasteiger partial charge is 0.668 e. The van der Waals surface area contributed by atoms with E-state index in [0.29, 0.717) is 6.42 Å². The Morgan fingerprint density at radius 2 is 1.75 bits per heavy atom. The van der Waals surface area contributed by atoms with Crippen molar-refractivity contribution in [3.8, 4) is 0 Å². The second kappa shape index (κ2) is 3.02. The number of hydrogen-bond donors (Lipinski definition) is 2. The summed E-state index contributed by atoms with van der Waals surface area (Å²) in [6, 6.07) is 0. The average Bonchev–Trinajstić information content (AvgIpc) is 1.87. The monoisotopic (exact) mass is 118 g/mol. The molecule has 0 saturated carbocycles. The molecule has 0 rings (SSSR count). The molecule has 0 unspecified atom stereocenters. The van der Waals surface area contributed by atoms with Crippen molar-refractivity contribution in [1.29, 1.82) is 0 Å². The number of nitrogens with one attached hydrogen (secondary N) is 1. The summed E-state index contributed by atoms with van der Waals surface area (Å²) < 4.78 is 0. The Balaban J connectivity index is 3.58. The van der Waals surface area contributed by atoms with Crippen LogP contribution in [0.4, 0.5) is 0 Å². The topological polar surface area (TPSA) is 64.3 Å². The molecule has 0 saturated heterocycles. The Morgan fingerprint density at radius 3 is 1.75 bits per heavy atom. The van der Waals surface area contributed by atoms with Crippen molar-refractivity contribution in [2.75, 3.05) is 13.2 Å². The Morgan fingerprint density at radius 1 is 1.38 bits per heavy atom.